The highest BCUT2D eigenvalue weighted by Gasteiger charge is 2.36. The minimum atomic E-state index is -0.0317. The summed E-state index contributed by atoms with van der Waals surface area (Å²) in [6.07, 6.45) is 6.43. The molecule has 0 aliphatic heterocycles. The maximum Gasteiger partial charge on any atom is 0.0813 e. The zero-order valence-electron chi connectivity index (χ0n) is 11.7. The van der Waals surface area contributed by atoms with E-state index in [4.69, 9.17) is 4.74 Å². The summed E-state index contributed by atoms with van der Waals surface area (Å²) in [5.74, 6) is 0. The highest BCUT2D eigenvalue weighted by Crippen LogP contribution is 2.34. The Morgan fingerprint density at radius 1 is 1.12 bits per heavy atom. The molecule has 0 aromatic carbocycles. The van der Waals surface area contributed by atoms with Gasteiger partial charge in [0.2, 0.25) is 0 Å². The smallest absolute Gasteiger partial charge is 0.0813 e. The first-order valence-corrected chi connectivity index (χ1v) is 6.77. The first-order chi connectivity index (χ1) is 7.33. The Morgan fingerprint density at radius 2 is 1.69 bits per heavy atom. The van der Waals surface area contributed by atoms with Crippen molar-refractivity contribution in [2.24, 2.45) is 0 Å². The third kappa shape index (κ3) is 4.84. The van der Waals surface area contributed by atoms with E-state index in [9.17, 15) is 0 Å². The first kappa shape index (κ1) is 14.0. The summed E-state index contributed by atoms with van der Waals surface area (Å²) in [5.41, 5.74) is 0.0524. The van der Waals surface area contributed by atoms with Crippen LogP contribution in [0, 0.1) is 0 Å². The second-order valence-electron chi connectivity index (χ2n) is 6.49. The lowest BCUT2D eigenvalue weighted by molar-refractivity contribution is -0.146. The van der Waals surface area contributed by atoms with Gasteiger partial charge in [-0.05, 0) is 33.6 Å². The van der Waals surface area contributed by atoms with E-state index < -0.39 is 0 Å². The third-order valence-electron chi connectivity index (χ3n) is 3.12. The van der Waals surface area contributed by atoms with E-state index in [-0.39, 0.29) is 11.2 Å². The molecular formula is C14H29NO. The molecule has 1 N–H and O–H groups in total. The number of nitrogens with one attached hydrogen (secondary N) is 1. The fourth-order valence-electron chi connectivity index (χ4n) is 2.55. The Labute approximate surface area is 101 Å². The SMILES string of the molecule is CC(C)NCC1(OC(C)(C)C)CCCCC1. The zero-order chi connectivity index (χ0) is 12.2. The largest absolute Gasteiger partial charge is 0.368 e. The van der Waals surface area contributed by atoms with Crippen molar-refractivity contribution < 1.29 is 4.74 Å². The molecule has 0 bridgehead atoms. The van der Waals surface area contributed by atoms with E-state index in [1.54, 1.807) is 0 Å². The standard InChI is InChI=1S/C14H29NO/c1-12(2)15-11-14(16-13(3,4)5)9-7-6-8-10-14/h12,15H,6-11H2,1-5H3. The lowest BCUT2D eigenvalue weighted by Crippen LogP contribution is -2.50. The van der Waals surface area contributed by atoms with Gasteiger partial charge in [0.25, 0.3) is 0 Å². The van der Waals surface area contributed by atoms with Crippen LogP contribution in [0.5, 0.6) is 0 Å². The molecule has 0 aromatic rings. The van der Waals surface area contributed by atoms with Crippen molar-refractivity contribution in [1.82, 2.24) is 5.32 Å². The fraction of sp³-hybridized carbons (Fsp3) is 1.00. The Bertz CT molecular complexity index is 199. The predicted molar refractivity (Wildman–Crippen MR) is 69.8 cm³/mol. The summed E-state index contributed by atoms with van der Waals surface area (Å²) < 4.78 is 6.35. The van der Waals surface area contributed by atoms with Crippen molar-refractivity contribution in [2.45, 2.75) is 84.0 Å². The normalized spacial score (nSPS) is 21.4. The van der Waals surface area contributed by atoms with E-state index in [1.807, 2.05) is 0 Å². The average molecular weight is 227 g/mol. The van der Waals surface area contributed by atoms with Gasteiger partial charge in [0, 0.05) is 12.6 Å². The van der Waals surface area contributed by atoms with E-state index >= 15 is 0 Å². The molecule has 1 saturated carbocycles. The summed E-state index contributed by atoms with van der Waals surface area (Å²) in [4.78, 5) is 0. The van der Waals surface area contributed by atoms with Gasteiger partial charge >= 0.3 is 0 Å². The molecule has 0 atom stereocenters. The van der Waals surface area contributed by atoms with Crippen molar-refractivity contribution in [3.05, 3.63) is 0 Å². The van der Waals surface area contributed by atoms with Crippen LogP contribution in [0.4, 0.5) is 0 Å². The number of rotatable bonds is 4. The van der Waals surface area contributed by atoms with Crippen molar-refractivity contribution in [2.75, 3.05) is 6.54 Å². The van der Waals surface area contributed by atoms with E-state index in [0.717, 1.165) is 6.54 Å². The highest BCUT2D eigenvalue weighted by atomic mass is 16.5. The number of hydrogen-bond acceptors (Lipinski definition) is 2. The van der Waals surface area contributed by atoms with Crippen molar-refractivity contribution in [1.29, 1.82) is 0 Å². The Balaban J connectivity index is 2.60. The van der Waals surface area contributed by atoms with Crippen LogP contribution in [0.15, 0.2) is 0 Å². The molecule has 2 nitrogen and oxygen atoms in total. The minimum absolute atomic E-state index is 0.0317. The molecule has 0 aromatic heterocycles. The maximum absolute atomic E-state index is 6.35. The quantitative estimate of drug-likeness (QED) is 0.793. The lowest BCUT2D eigenvalue weighted by Gasteiger charge is -2.42. The maximum atomic E-state index is 6.35. The van der Waals surface area contributed by atoms with Gasteiger partial charge in [-0.15, -0.1) is 0 Å². The molecule has 1 rings (SSSR count). The van der Waals surface area contributed by atoms with Crippen LogP contribution < -0.4 is 5.32 Å². The van der Waals surface area contributed by atoms with Crippen LogP contribution >= 0.6 is 0 Å². The molecule has 96 valence electrons. The monoisotopic (exact) mass is 227 g/mol. The minimum Gasteiger partial charge on any atom is -0.368 e. The van der Waals surface area contributed by atoms with E-state index in [1.165, 1.54) is 32.1 Å². The van der Waals surface area contributed by atoms with E-state index in [2.05, 4.69) is 39.9 Å². The molecular weight excluding hydrogens is 198 g/mol. The second kappa shape index (κ2) is 5.50. The molecule has 0 saturated heterocycles. The van der Waals surface area contributed by atoms with Gasteiger partial charge in [-0.2, -0.15) is 0 Å². The molecule has 0 amide bonds. The van der Waals surface area contributed by atoms with Crippen molar-refractivity contribution in [3.63, 3.8) is 0 Å². The Hall–Kier alpha value is -0.0800. The zero-order valence-corrected chi connectivity index (χ0v) is 11.7. The molecule has 0 unspecified atom stereocenters. The summed E-state index contributed by atoms with van der Waals surface area (Å²) in [6.45, 7) is 11.9. The molecule has 0 spiro atoms. The van der Waals surface area contributed by atoms with Gasteiger partial charge in [-0.1, -0.05) is 33.1 Å². The van der Waals surface area contributed by atoms with Gasteiger partial charge in [0.1, 0.15) is 0 Å². The fourth-order valence-corrected chi connectivity index (χ4v) is 2.55. The van der Waals surface area contributed by atoms with Gasteiger partial charge < -0.3 is 10.1 Å². The number of ether oxygens (including phenoxy) is 1. The topological polar surface area (TPSA) is 21.3 Å². The predicted octanol–water partition coefficient (Wildman–Crippen LogP) is 3.50. The molecule has 2 heteroatoms. The van der Waals surface area contributed by atoms with Crippen LogP contribution in [-0.2, 0) is 4.74 Å². The van der Waals surface area contributed by atoms with Crippen molar-refractivity contribution in [3.8, 4) is 0 Å². The number of hydrogen-bond donors (Lipinski definition) is 1. The van der Waals surface area contributed by atoms with Gasteiger partial charge in [-0.25, -0.2) is 0 Å². The molecule has 0 heterocycles. The van der Waals surface area contributed by atoms with Gasteiger partial charge in [0.15, 0.2) is 0 Å². The van der Waals surface area contributed by atoms with Gasteiger partial charge in [-0.3, -0.25) is 0 Å². The first-order valence-electron chi connectivity index (χ1n) is 6.77. The average Bonchev–Trinajstić information content (AvgIpc) is 2.14. The van der Waals surface area contributed by atoms with Crippen LogP contribution in [0.1, 0.15) is 66.7 Å². The Morgan fingerprint density at radius 3 is 2.12 bits per heavy atom. The summed E-state index contributed by atoms with van der Waals surface area (Å²) in [6, 6.07) is 0.544. The highest BCUT2D eigenvalue weighted by molar-refractivity contribution is 4.89. The van der Waals surface area contributed by atoms with Crippen LogP contribution in [-0.4, -0.2) is 23.8 Å². The summed E-state index contributed by atoms with van der Waals surface area (Å²) in [5, 5.41) is 3.55. The second-order valence-corrected chi connectivity index (χ2v) is 6.49. The Kier molecular flexibility index (Phi) is 4.81. The van der Waals surface area contributed by atoms with Gasteiger partial charge in [0.05, 0.1) is 11.2 Å². The van der Waals surface area contributed by atoms with Crippen molar-refractivity contribution >= 4 is 0 Å². The molecule has 1 aliphatic rings. The van der Waals surface area contributed by atoms with Crippen LogP contribution in [0.3, 0.4) is 0 Å². The van der Waals surface area contributed by atoms with E-state index in [0.29, 0.717) is 6.04 Å². The molecule has 1 fully saturated rings. The van der Waals surface area contributed by atoms with Crippen LogP contribution in [0.25, 0.3) is 0 Å². The lowest BCUT2D eigenvalue weighted by atomic mass is 9.83. The van der Waals surface area contributed by atoms with Crippen LogP contribution in [0.2, 0.25) is 0 Å². The molecule has 16 heavy (non-hydrogen) atoms. The molecule has 0 radical (unpaired) electrons. The summed E-state index contributed by atoms with van der Waals surface area (Å²) >= 11 is 0. The summed E-state index contributed by atoms with van der Waals surface area (Å²) in [7, 11) is 0. The third-order valence-corrected chi connectivity index (χ3v) is 3.12. The molecule has 1 aliphatic carbocycles.